The Bertz CT molecular complexity index is 831. The van der Waals surface area contributed by atoms with Gasteiger partial charge in [0.15, 0.2) is 0 Å². The van der Waals surface area contributed by atoms with E-state index < -0.39 is 0 Å². The van der Waals surface area contributed by atoms with E-state index in [0.717, 1.165) is 35.8 Å². The predicted molar refractivity (Wildman–Crippen MR) is 99.1 cm³/mol. The number of carbonyl (C=O) groups excluding carboxylic acids is 1. The van der Waals surface area contributed by atoms with E-state index in [0.29, 0.717) is 6.54 Å². The third-order valence-corrected chi connectivity index (χ3v) is 6.05. The van der Waals surface area contributed by atoms with Crippen LogP contribution in [0.25, 0.3) is 0 Å². The number of rotatable bonds is 1. The first-order chi connectivity index (χ1) is 11.5. The molecule has 1 atom stereocenters. The number of hydrogen-bond donors (Lipinski definition) is 1. The van der Waals surface area contributed by atoms with E-state index in [1.54, 1.807) is 0 Å². The van der Waals surface area contributed by atoms with Crippen molar-refractivity contribution in [1.29, 1.82) is 0 Å². The molecule has 0 spiro atoms. The van der Waals surface area contributed by atoms with Crippen LogP contribution in [0.1, 0.15) is 38.2 Å². The molecule has 1 unspecified atom stereocenters. The molecule has 0 aromatic heterocycles. The van der Waals surface area contributed by atoms with Gasteiger partial charge < -0.3 is 10.6 Å². The fourth-order valence-electron chi connectivity index (χ4n) is 3.84. The molecular weight excluding hydrogens is 364 g/mol. The number of carbonyl (C=O) groups is 1. The standard InChI is InChI=1S/C20H21BrN2O/c1-12-6-14-4-5-23(11-17(14)10-19(12)21)20(24)15-3-2-13-8-18(22)9-16(13)7-15/h2-3,6-7,10,18H,4-5,8-9,11,22H2,1H3. The van der Waals surface area contributed by atoms with Gasteiger partial charge in [0.25, 0.3) is 5.91 Å². The van der Waals surface area contributed by atoms with Crippen LogP contribution < -0.4 is 5.73 Å². The number of amides is 1. The maximum Gasteiger partial charge on any atom is 0.254 e. The number of hydrogen-bond acceptors (Lipinski definition) is 2. The Morgan fingerprint density at radius 3 is 2.75 bits per heavy atom. The average Bonchev–Trinajstić information content (AvgIpc) is 2.94. The number of nitrogens with two attached hydrogens (primary N) is 1. The van der Waals surface area contributed by atoms with Gasteiger partial charge in [-0.1, -0.05) is 28.1 Å². The van der Waals surface area contributed by atoms with E-state index in [4.69, 9.17) is 5.73 Å². The molecule has 1 heterocycles. The highest BCUT2D eigenvalue weighted by Gasteiger charge is 2.24. The van der Waals surface area contributed by atoms with Gasteiger partial charge >= 0.3 is 0 Å². The molecule has 0 saturated carbocycles. The van der Waals surface area contributed by atoms with Crippen molar-refractivity contribution in [3.8, 4) is 0 Å². The van der Waals surface area contributed by atoms with Gasteiger partial charge in [0.2, 0.25) is 0 Å². The van der Waals surface area contributed by atoms with Crippen molar-refractivity contribution in [1.82, 2.24) is 4.90 Å². The topological polar surface area (TPSA) is 46.3 Å². The summed E-state index contributed by atoms with van der Waals surface area (Å²) in [7, 11) is 0. The van der Waals surface area contributed by atoms with Crippen LogP contribution in [-0.4, -0.2) is 23.4 Å². The maximum atomic E-state index is 12.9. The monoisotopic (exact) mass is 384 g/mol. The van der Waals surface area contributed by atoms with Crippen LogP contribution in [0.15, 0.2) is 34.8 Å². The third kappa shape index (κ3) is 2.78. The average molecular weight is 385 g/mol. The zero-order valence-electron chi connectivity index (χ0n) is 13.8. The van der Waals surface area contributed by atoms with Crippen LogP contribution in [-0.2, 0) is 25.8 Å². The summed E-state index contributed by atoms with van der Waals surface area (Å²) in [6, 6.07) is 10.7. The molecule has 1 aliphatic heterocycles. The lowest BCUT2D eigenvalue weighted by molar-refractivity contribution is 0.0734. The van der Waals surface area contributed by atoms with Gasteiger partial charge in [0.05, 0.1) is 0 Å². The van der Waals surface area contributed by atoms with E-state index in [1.165, 1.54) is 27.8 Å². The van der Waals surface area contributed by atoms with Crippen LogP contribution in [0.2, 0.25) is 0 Å². The molecule has 24 heavy (non-hydrogen) atoms. The molecule has 4 rings (SSSR count). The number of halogens is 1. The lowest BCUT2D eigenvalue weighted by Gasteiger charge is -2.29. The molecule has 3 nitrogen and oxygen atoms in total. The number of nitrogens with zero attached hydrogens (tertiary/aromatic N) is 1. The summed E-state index contributed by atoms with van der Waals surface area (Å²) in [5.41, 5.74) is 13.2. The van der Waals surface area contributed by atoms with Crippen LogP contribution in [0.3, 0.4) is 0 Å². The van der Waals surface area contributed by atoms with E-state index >= 15 is 0 Å². The Labute approximate surface area is 151 Å². The number of aryl methyl sites for hydroxylation is 1. The first kappa shape index (κ1) is 15.9. The summed E-state index contributed by atoms with van der Waals surface area (Å²) < 4.78 is 1.11. The van der Waals surface area contributed by atoms with E-state index in [1.807, 2.05) is 17.0 Å². The van der Waals surface area contributed by atoms with Crippen molar-refractivity contribution in [3.63, 3.8) is 0 Å². The largest absolute Gasteiger partial charge is 0.334 e. The Morgan fingerprint density at radius 1 is 1.12 bits per heavy atom. The quantitative estimate of drug-likeness (QED) is 0.818. The summed E-state index contributed by atoms with van der Waals surface area (Å²) in [5.74, 6) is 0.126. The van der Waals surface area contributed by atoms with Gasteiger partial charge in [0.1, 0.15) is 0 Å². The van der Waals surface area contributed by atoms with E-state index in [-0.39, 0.29) is 11.9 Å². The van der Waals surface area contributed by atoms with Crippen molar-refractivity contribution < 1.29 is 4.79 Å². The van der Waals surface area contributed by atoms with Gasteiger partial charge in [-0.3, -0.25) is 4.79 Å². The molecule has 2 aromatic rings. The Kier molecular flexibility index (Phi) is 3.97. The third-order valence-electron chi connectivity index (χ3n) is 5.20. The second-order valence-electron chi connectivity index (χ2n) is 7.00. The van der Waals surface area contributed by atoms with Crippen LogP contribution in [0.5, 0.6) is 0 Å². The van der Waals surface area contributed by atoms with E-state index in [2.05, 4.69) is 41.1 Å². The van der Waals surface area contributed by atoms with Crippen LogP contribution in [0, 0.1) is 6.92 Å². The first-order valence-electron chi connectivity index (χ1n) is 8.46. The highest BCUT2D eigenvalue weighted by molar-refractivity contribution is 9.10. The van der Waals surface area contributed by atoms with Crippen molar-refractivity contribution >= 4 is 21.8 Å². The highest BCUT2D eigenvalue weighted by Crippen LogP contribution is 2.28. The second kappa shape index (κ2) is 6.01. The molecule has 0 fully saturated rings. The van der Waals surface area contributed by atoms with Gasteiger partial charge in [0, 0.05) is 29.2 Å². The van der Waals surface area contributed by atoms with Crippen molar-refractivity contribution in [2.24, 2.45) is 5.73 Å². The van der Waals surface area contributed by atoms with Gasteiger partial charge in [-0.05, 0) is 72.2 Å². The molecule has 124 valence electrons. The molecule has 1 aliphatic carbocycles. The molecule has 2 N–H and O–H groups in total. The van der Waals surface area contributed by atoms with Crippen LogP contribution in [0.4, 0.5) is 0 Å². The number of benzene rings is 2. The summed E-state index contributed by atoms with van der Waals surface area (Å²) in [5, 5.41) is 0. The van der Waals surface area contributed by atoms with Crippen molar-refractivity contribution in [2.75, 3.05) is 6.54 Å². The fraction of sp³-hybridized carbons (Fsp3) is 0.350. The molecule has 2 aromatic carbocycles. The molecule has 0 bridgehead atoms. The Balaban J connectivity index is 1.58. The minimum absolute atomic E-state index is 0.126. The Hall–Kier alpha value is -1.65. The molecule has 0 radical (unpaired) electrons. The van der Waals surface area contributed by atoms with Gasteiger partial charge in [-0.25, -0.2) is 0 Å². The summed E-state index contributed by atoms with van der Waals surface area (Å²) in [4.78, 5) is 14.9. The fourth-order valence-corrected chi connectivity index (χ4v) is 4.23. The lowest BCUT2D eigenvalue weighted by Crippen LogP contribution is -2.36. The minimum atomic E-state index is 0.126. The molecular formula is C20H21BrN2O. The second-order valence-corrected chi connectivity index (χ2v) is 7.85. The van der Waals surface area contributed by atoms with Gasteiger partial charge in [-0.15, -0.1) is 0 Å². The predicted octanol–water partition coefficient (Wildman–Crippen LogP) is 3.38. The number of fused-ring (bicyclic) bond motifs is 2. The highest BCUT2D eigenvalue weighted by atomic mass is 79.9. The summed E-state index contributed by atoms with van der Waals surface area (Å²) in [6.45, 7) is 3.57. The SMILES string of the molecule is Cc1cc2c(cc1Br)CN(C(=O)c1ccc3c(c1)CC(N)C3)CC2. The molecule has 0 saturated heterocycles. The lowest BCUT2D eigenvalue weighted by atomic mass is 9.97. The zero-order chi connectivity index (χ0) is 16.8. The maximum absolute atomic E-state index is 12.9. The molecule has 4 heteroatoms. The Morgan fingerprint density at radius 2 is 1.92 bits per heavy atom. The first-order valence-corrected chi connectivity index (χ1v) is 9.25. The zero-order valence-corrected chi connectivity index (χ0v) is 15.4. The summed E-state index contributed by atoms with van der Waals surface area (Å²) >= 11 is 3.60. The van der Waals surface area contributed by atoms with Gasteiger partial charge in [-0.2, -0.15) is 0 Å². The van der Waals surface area contributed by atoms with Crippen molar-refractivity contribution in [2.45, 2.75) is 38.8 Å². The van der Waals surface area contributed by atoms with Crippen LogP contribution >= 0.6 is 15.9 Å². The minimum Gasteiger partial charge on any atom is -0.334 e. The summed E-state index contributed by atoms with van der Waals surface area (Å²) in [6.07, 6.45) is 2.73. The smallest absolute Gasteiger partial charge is 0.254 e. The molecule has 2 aliphatic rings. The molecule has 1 amide bonds. The van der Waals surface area contributed by atoms with E-state index in [9.17, 15) is 4.79 Å². The van der Waals surface area contributed by atoms with Crippen molar-refractivity contribution in [3.05, 3.63) is 68.2 Å². The normalized spacial score (nSPS) is 19.1.